The molecule has 1 fully saturated rings. The highest BCUT2D eigenvalue weighted by Gasteiger charge is 2.20. The van der Waals surface area contributed by atoms with Gasteiger partial charge in [-0.2, -0.15) is 0 Å². The first kappa shape index (κ1) is 13.6. The van der Waals surface area contributed by atoms with Crippen molar-refractivity contribution in [3.63, 3.8) is 0 Å². The van der Waals surface area contributed by atoms with E-state index < -0.39 is 0 Å². The van der Waals surface area contributed by atoms with Crippen LogP contribution in [0.5, 0.6) is 0 Å². The first-order valence-electron chi connectivity index (χ1n) is 6.66. The van der Waals surface area contributed by atoms with Crippen molar-refractivity contribution in [2.75, 3.05) is 31.6 Å². The van der Waals surface area contributed by atoms with E-state index in [0.29, 0.717) is 12.1 Å². The van der Waals surface area contributed by atoms with E-state index in [-0.39, 0.29) is 5.91 Å². The van der Waals surface area contributed by atoms with Gasteiger partial charge in [-0.15, -0.1) is 0 Å². The molecule has 1 saturated heterocycles. The number of carbonyl (C=O) groups is 2. The van der Waals surface area contributed by atoms with Crippen LogP contribution < -0.4 is 4.90 Å². The van der Waals surface area contributed by atoms with Gasteiger partial charge in [0, 0.05) is 31.4 Å². The number of anilines is 1. The van der Waals surface area contributed by atoms with Crippen LogP contribution in [-0.2, 0) is 4.79 Å². The van der Waals surface area contributed by atoms with Crippen LogP contribution in [0.2, 0.25) is 0 Å². The third-order valence-electron chi connectivity index (χ3n) is 3.55. The maximum Gasteiger partial charge on any atom is 0.242 e. The van der Waals surface area contributed by atoms with Crippen LogP contribution in [-0.4, -0.2) is 43.8 Å². The molecule has 19 heavy (non-hydrogen) atoms. The lowest BCUT2D eigenvalue weighted by Crippen LogP contribution is -2.37. The molecule has 1 aromatic rings. The molecule has 0 spiro atoms. The van der Waals surface area contributed by atoms with E-state index in [4.69, 9.17) is 0 Å². The van der Waals surface area contributed by atoms with Crippen molar-refractivity contribution in [1.82, 2.24) is 4.90 Å². The number of aryl methyl sites for hydroxylation is 1. The fourth-order valence-electron chi connectivity index (χ4n) is 2.47. The molecule has 1 heterocycles. The second-order valence-electron chi connectivity index (χ2n) is 5.12. The van der Waals surface area contributed by atoms with Crippen molar-refractivity contribution in [2.45, 2.75) is 19.8 Å². The Balaban J connectivity index is 2.08. The average Bonchev–Trinajstić information content (AvgIpc) is 2.92. The molecule has 0 aromatic heterocycles. The maximum absolute atomic E-state index is 12.1. The zero-order valence-electron chi connectivity index (χ0n) is 11.6. The number of rotatable bonds is 4. The van der Waals surface area contributed by atoms with Gasteiger partial charge in [0.1, 0.15) is 0 Å². The van der Waals surface area contributed by atoms with Gasteiger partial charge in [-0.25, -0.2) is 0 Å². The Labute approximate surface area is 114 Å². The van der Waals surface area contributed by atoms with Crippen LogP contribution >= 0.6 is 0 Å². The minimum absolute atomic E-state index is 0.137. The summed E-state index contributed by atoms with van der Waals surface area (Å²) in [5.41, 5.74) is 2.50. The van der Waals surface area contributed by atoms with Gasteiger partial charge in [-0.1, -0.05) is 11.6 Å². The monoisotopic (exact) mass is 260 g/mol. The Bertz CT molecular complexity index is 479. The molecule has 2 rings (SSSR count). The Morgan fingerprint density at radius 1 is 1.37 bits per heavy atom. The summed E-state index contributed by atoms with van der Waals surface area (Å²) in [6.45, 7) is 4.00. The Hall–Kier alpha value is -1.84. The molecule has 1 aromatic carbocycles. The molecule has 0 saturated carbocycles. The minimum atomic E-state index is 0.137. The Morgan fingerprint density at radius 3 is 2.68 bits per heavy atom. The zero-order valence-corrected chi connectivity index (χ0v) is 11.6. The molecule has 102 valence electrons. The van der Waals surface area contributed by atoms with Crippen molar-refractivity contribution in [1.29, 1.82) is 0 Å². The lowest BCUT2D eigenvalue weighted by atomic mass is 10.1. The molecule has 0 atom stereocenters. The molecule has 0 N–H and O–H groups in total. The molecule has 4 nitrogen and oxygen atoms in total. The minimum Gasteiger partial charge on any atom is -0.365 e. The predicted octanol–water partition coefficient (Wildman–Crippen LogP) is 1.87. The van der Waals surface area contributed by atoms with Crippen LogP contribution in [0.3, 0.4) is 0 Å². The smallest absolute Gasteiger partial charge is 0.242 e. The molecule has 0 radical (unpaired) electrons. The van der Waals surface area contributed by atoms with Gasteiger partial charge in [0.25, 0.3) is 0 Å². The van der Waals surface area contributed by atoms with Gasteiger partial charge < -0.3 is 9.80 Å². The first-order chi connectivity index (χ1) is 9.11. The Morgan fingerprint density at radius 2 is 2.05 bits per heavy atom. The zero-order chi connectivity index (χ0) is 13.8. The summed E-state index contributed by atoms with van der Waals surface area (Å²) in [6, 6.07) is 5.70. The molecule has 0 aliphatic carbocycles. The SMILES string of the molecule is Cc1ccc(N(C)CC(=O)N2CCCC2)c(C=O)c1. The van der Waals surface area contributed by atoms with E-state index in [1.54, 1.807) is 0 Å². The van der Waals surface area contributed by atoms with Gasteiger partial charge in [-0.3, -0.25) is 9.59 Å². The summed E-state index contributed by atoms with van der Waals surface area (Å²) in [5, 5.41) is 0. The fraction of sp³-hybridized carbons (Fsp3) is 0.467. The second-order valence-corrected chi connectivity index (χ2v) is 5.12. The molecule has 0 bridgehead atoms. The van der Waals surface area contributed by atoms with Crippen molar-refractivity contribution in [3.05, 3.63) is 29.3 Å². The molecular formula is C15H20N2O2. The topological polar surface area (TPSA) is 40.6 Å². The second kappa shape index (κ2) is 5.87. The number of likely N-dealkylation sites (N-methyl/N-ethyl adjacent to an activating group) is 1. The maximum atomic E-state index is 12.1. The summed E-state index contributed by atoms with van der Waals surface area (Å²) < 4.78 is 0. The molecule has 0 unspecified atom stereocenters. The highest BCUT2D eigenvalue weighted by atomic mass is 16.2. The average molecular weight is 260 g/mol. The van der Waals surface area contributed by atoms with Crippen molar-refractivity contribution in [2.24, 2.45) is 0 Å². The van der Waals surface area contributed by atoms with Gasteiger partial charge in [0.2, 0.25) is 5.91 Å². The van der Waals surface area contributed by atoms with Gasteiger partial charge in [-0.05, 0) is 31.9 Å². The molecule has 4 heteroatoms. The fourth-order valence-corrected chi connectivity index (χ4v) is 2.47. The summed E-state index contributed by atoms with van der Waals surface area (Å²) in [5.74, 6) is 0.137. The van der Waals surface area contributed by atoms with E-state index in [2.05, 4.69) is 0 Å². The predicted molar refractivity (Wildman–Crippen MR) is 75.7 cm³/mol. The van der Waals surface area contributed by atoms with Crippen LogP contribution in [0.15, 0.2) is 18.2 Å². The number of likely N-dealkylation sites (tertiary alicyclic amines) is 1. The van der Waals surface area contributed by atoms with E-state index in [1.807, 2.05) is 42.0 Å². The van der Waals surface area contributed by atoms with Gasteiger partial charge >= 0.3 is 0 Å². The number of amides is 1. The van der Waals surface area contributed by atoms with Gasteiger partial charge in [0.15, 0.2) is 6.29 Å². The lowest BCUT2D eigenvalue weighted by molar-refractivity contribution is -0.128. The highest BCUT2D eigenvalue weighted by Crippen LogP contribution is 2.19. The van der Waals surface area contributed by atoms with E-state index in [9.17, 15) is 9.59 Å². The largest absolute Gasteiger partial charge is 0.365 e. The van der Waals surface area contributed by atoms with Crippen molar-refractivity contribution >= 4 is 17.9 Å². The van der Waals surface area contributed by atoms with Gasteiger partial charge in [0.05, 0.1) is 6.54 Å². The first-order valence-corrected chi connectivity index (χ1v) is 6.66. The number of hydrogen-bond donors (Lipinski definition) is 0. The lowest BCUT2D eigenvalue weighted by Gasteiger charge is -2.24. The van der Waals surface area contributed by atoms with Crippen LogP contribution in [0, 0.1) is 6.92 Å². The Kier molecular flexibility index (Phi) is 4.20. The highest BCUT2D eigenvalue weighted by molar-refractivity contribution is 5.88. The third-order valence-corrected chi connectivity index (χ3v) is 3.55. The van der Waals surface area contributed by atoms with Crippen LogP contribution in [0.1, 0.15) is 28.8 Å². The number of benzene rings is 1. The standard InChI is InChI=1S/C15H20N2O2/c1-12-5-6-14(13(9-12)11-18)16(2)10-15(19)17-7-3-4-8-17/h5-6,9,11H,3-4,7-8,10H2,1-2H3. The third kappa shape index (κ3) is 3.13. The quantitative estimate of drug-likeness (QED) is 0.776. The number of aldehydes is 1. The normalized spacial score (nSPS) is 14.5. The summed E-state index contributed by atoms with van der Waals surface area (Å²) in [4.78, 5) is 26.9. The molecular weight excluding hydrogens is 240 g/mol. The summed E-state index contributed by atoms with van der Waals surface area (Å²) in [6.07, 6.45) is 3.04. The molecule has 1 amide bonds. The number of carbonyl (C=O) groups excluding carboxylic acids is 2. The van der Waals surface area contributed by atoms with E-state index in [0.717, 1.165) is 43.5 Å². The van der Waals surface area contributed by atoms with Crippen molar-refractivity contribution in [3.8, 4) is 0 Å². The van der Waals surface area contributed by atoms with Crippen LogP contribution in [0.25, 0.3) is 0 Å². The summed E-state index contributed by atoms with van der Waals surface area (Å²) in [7, 11) is 1.85. The van der Waals surface area contributed by atoms with Crippen LogP contribution in [0.4, 0.5) is 5.69 Å². The molecule has 1 aliphatic rings. The van der Waals surface area contributed by atoms with E-state index >= 15 is 0 Å². The number of nitrogens with zero attached hydrogens (tertiary/aromatic N) is 2. The van der Waals surface area contributed by atoms with Crippen molar-refractivity contribution < 1.29 is 9.59 Å². The number of hydrogen-bond acceptors (Lipinski definition) is 3. The molecule has 1 aliphatic heterocycles. The summed E-state index contributed by atoms with van der Waals surface area (Å²) >= 11 is 0. The van der Waals surface area contributed by atoms with E-state index in [1.165, 1.54) is 0 Å².